The van der Waals surface area contributed by atoms with Gasteiger partial charge in [-0.2, -0.15) is 0 Å². The minimum atomic E-state index is -1.08. The van der Waals surface area contributed by atoms with Crippen molar-refractivity contribution in [3.05, 3.63) is 63.0 Å². The Balaban J connectivity index is 1.87. The summed E-state index contributed by atoms with van der Waals surface area (Å²) in [5, 5.41) is 29.5. The summed E-state index contributed by atoms with van der Waals surface area (Å²) in [6.07, 6.45) is 0.145. The molecular weight excluding hydrogens is 402 g/mol. The molecular formula is C23H25NO7. The first-order chi connectivity index (χ1) is 14.8. The van der Waals surface area contributed by atoms with Gasteiger partial charge in [0.2, 0.25) is 0 Å². The van der Waals surface area contributed by atoms with Gasteiger partial charge in [0, 0.05) is 30.0 Å². The Kier molecular flexibility index (Phi) is 5.38. The van der Waals surface area contributed by atoms with Crippen molar-refractivity contribution in [2.75, 3.05) is 12.6 Å². The third kappa shape index (κ3) is 3.74. The lowest BCUT2D eigenvalue weighted by Gasteiger charge is -2.24. The van der Waals surface area contributed by atoms with Crippen LogP contribution in [0.4, 0.5) is 5.69 Å². The van der Waals surface area contributed by atoms with Crippen molar-refractivity contribution in [2.24, 2.45) is 0 Å². The van der Waals surface area contributed by atoms with E-state index in [1.807, 2.05) is 0 Å². The number of hydrogen-bond donors (Lipinski definition) is 4. The number of aliphatic hydroxyl groups is 2. The van der Waals surface area contributed by atoms with Crippen LogP contribution < -0.4 is 20.4 Å². The maximum absolute atomic E-state index is 13.5. The van der Waals surface area contributed by atoms with E-state index in [1.165, 1.54) is 7.11 Å². The lowest BCUT2D eigenvalue weighted by molar-refractivity contribution is -0.0229. The van der Waals surface area contributed by atoms with Crippen LogP contribution in [0.25, 0.3) is 11.0 Å². The van der Waals surface area contributed by atoms with E-state index in [0.717, 1.165) is 5.56 Å². The highest BCUT2D eigenvalue weighted by molar-refractivity contribution is 5.88. The van der Waals surface area contributed by atoms with Crippen molar-refractivity contribution in [1.29, 1.82) is 0 Å². The summed E-state index contributed by atoms with van der Waals surface area (Å²) in [5.74, 6) is 1.02. The SMILES string of the molecule is COc1c2c(cc3oc(CO)c(Cc4ccc(NO)cc4)c(=O)c13)OC(C(C)(C)O)C2. The molecule has 0 spiro atoms. The summed E-state index contributed by atoms with van der Waals surface area (Å²) < 4.78 is 17.4. The summed E-state index contributed by atoms with van der Waals surface area (Å²) in [6, 6.07) is 8.51. The molecule has 0 bridgehead atoms. The van der Waals surface area contributed by atoms with Gasteiger partial charge < -0.3 is 24.1 Å². The van der Waals surface area contributed by atoms with Crippen molar-refractivity contribution >= 4 is 16.7 Å². The highest BCUT2D eigenvalue weighted by atomic mass is 16.5. The molecule has 0 aliphatic carbocycles. The fourth-order valence-electron chi connectivity index (χ4n) is 3.93. The van der Waals surface area contributed by atoms with E-state index >= 15 is 0 Å². The van der Waals surface area contributed by atoms with E-state index in [2.05, 4.69) is 5.48 Å². The molecule has 4 rings (SSSR count). The van der Waals surface area contributed by atoms with Gasteiger partial charge in [0.25, 0.3) is 0 Å². The molecule has 0 saturated heterocycles. The molecule has 1 atom stereocenters. The number of hydrogen-bond acceptors (Lipinski definition) is 8. The predicted molar refractivity (Wildman–Crippen MR) is 114 cm³/mol. The maximum atomic E-state index is 13.5. The molecule has 1 aromatic heterocycles. The molecule has 3 aromatic rings. The first-order valence-electron chi connectivity index (χ1n) is 9.94. The fraction of sp³-hybridized carbons (Fsp3) is 0.348. The third-order valence-electron chi connectivity index (χ3n) is 5.64. The number of methoxy groups -OCH3 is 1. The van der Waals surface area contributed by atoms with Crippen molar-refractivity contribution < 1.29 is 29.3 Å². The first kappa shape index (κ1) is 21.2. The smallest absolute Gasteiger partial charge is 0.200 e. The van der Waals surface area contributed by atoms with Crippen LogP contribution in [0.3, 0.4) is 0 Å². The second-order valence-corrected chi connectivity index (χ2v) is 8.20. The highest BCUT2D eigenvalue weighted by Crippen LogP contribution is 2.43. The zero-order chi connectivity index (χ0) is 22.3. The van der Waals surface area contributed by atoms with E-state index in [9.17, 15) is 15.0 Å². The predicted octanol–water partition coefficient (Wildman–Crippen LogP) is 2.76. The van der Waals surface area contributed by atoms with Crippen molar-refractivity contribution in [2.45, 2.75) is 45.0 Å². The second-order valence-electron chi connectivity index (χ2n) is 8.20. The number of nitrogens with one attached hydrogen (secondary N) is 1. The summed E-state index contributed by atoms with van der Waals surface area (Å²) in [4.78, 5) is 13.5. The first-order valence-corrected chi connectivity index (χ1v) is 9.94. The molecule has 2 heterocycles. The Morgan fingerprint density at radius 3 is 2.55 bits per heavy atom. The van der Waals surface area contributed by atoms with Crippen molar-refractivity contribution in [3.63, 3.8) is 0 Å². The van der Waals surface area contributed by atoms with E-state index in [1.54, 1.807) is 44.2 Å². The van der Waals surface area contributed by atoms with Crippen molar-refractivity contribution in [3.8, 4) is 11.5 Å². The minimum absolute atomic E-state index is 0.167. The largest absolute Gasteiger partial charge is 0.495 e. The van der Waals surface area contributed by atoms with E-state index in [0.29, 0.717) is 34.7 Å². The van der Waals surface area contributed by atoms with Gasteiger partial charge >= 0.3 is 0 Å². The van der Waals surface area contributed by atoms with Crippen LogP contribution in [0.2, 0.25) is 0 Å². The van der Waals surface area contributed by atoms with Gasteiger partial charge in [-0.15, -0.1) is 0 Å². The van der Waals surface area contributed by atoms with Crippen LogP contribution in [-0.2, 0) is 19.4 Å². The molecule has 0 radical (unpaired) electrons. The molecule has 8 heteroatoms. The molecule has 2 aromatic carbocycles. The Bertz CT molecular complexity index is 1180. The zero-order valence-electron chi connectivity index (χ0n) is 17.6. The standard InChI is InChI=1S/C23H25NO7/c1-23(2,27)19-9-15-16(31-19)10-17-20(22(15)29-3)21(26)14(18(11-25)30-17)8-12-4-6-13(24-28)7-5-12/h4-7,10,19,24-25,27-28H,8-9,11H2,1-3H3. The lowest BCUT2D eigenvalue weighted by atomic mass is 9.95. The van der Waals surface area contributed by atoms with Gasteiger partial charge in [-0.05, 0) is 31.5 Å². The van der Waals surface area contributed by atoms with Gasteiger partial charge in [0.15, 0.2) is 5.43 Å². The Labute approximate surface area is 178 Å². The second kappa shape index (κ2) is 7.88. The van der Waals surface area contributed by atoms with Gasteiger partial charge in [-0.3, -0.25) is 15.5 Å². The number of anilines is 1. The molecule has 8 nitrogen and oxygen atoms in total. The van der Waals surface area contributed by atoms with Crippen LogP contribution in [0, 0.1) is 0 Å². The van der Waals surface area contributed by atoms with Crippen LogP contribution >= 0.6 is 0 Å². The number of ether oxygens (including phenoxy) is 2. The molecule has 164 valence electrons. The Morgan fingerprint density at radius 2 is 1.97 bits per heavy atom. The van der Waals surface area contributed by atoms with E-state index < -0.39 is 18.3 Å². The minimum Gasteiger partial charge on any atom is -0.495 e. The van der Waals surface area contributed by atoms with Crippen LogP contribution in [0.15, 0.2) is 39.5 Å². The van der Waals surface area contributed by atoms with Crippen LogP contribution in [0.1, 0.15) is 36.3 Å². The van der Waals surface area contributed by atoms with Crippen molar-refractivity contribution in [1.82, 2.24) is 0 Å². The molecule has 1 aliphatic rings. The highest BCUT2D eigenvalue weighted by Gasteiger charge is 2.38. The van der Waals surface area contributed by atoms with Crippen LogP contribution in [0.5, 0.6) is 11.5 Å². The molecule has 0 fully saturated rings. The lowest BCUT2D eigenvalue weighted by Crippen LogP contribution is -2.39. The summed E-state index contributed by atoms with van der Waals surface area (Å²) >= 11 is 0. The number of rotatable bonds is 6. The molecule has 1 aliphatic heterocycles. The van der Waals surface area contributed by atoms with Crippen LogP contribution in [-0.4, -0.2) is 34.2 Å². The summed E-state index contributed by atoms with van der Waals surface area (Å²) in [7, 11) is 1.48. The molecule has 0 amide bonds. The molecule has 0 saturated carbocycles. The monoisotopic (exact) mass is 427 g/mol. The Morgan fingerprint density at radius 1 is 1.26 bits per heavy atom. The quantitative estimate of drug-likeness (QED) is 0.443. The zero-order valence-corrected chi connectivity index (χ0v) is 17.6. The van der Waals surface area contributed by atoms with Gasteiger partial charge in [0.1, 0.15) is 40.9 Å². The van der Waals surface area contributed by atoms with Gasteiger partial charge in [-0.25, -0.2) is 0 Å². The van der Waals surface area contributed by atoms with Gasteiger partial charge in [-0.1, -0.05) is 12.1 Å². The summed E-state index contributed by atoms with van der Waals surface area (Å²) in [5.41, 5.74) is 3.32. The van der Waals surface area contributed by atoms with E-state index in [-0.39, 0.29) is 28.6 Å². The summed E-state index contributed by atoms with van der Waals surface area (Å²) in [6.45, 7) is 2.89. The number of aliphatic hydroxyl groups excluding tert-OH is 1. The molecule has 1 unspecified atom stereocenters. The normalized spacial score (nSPS) is 15.6. The average Bonchev–Trinajstić information content (AvgIpc) is 3.19. The fourth-order valence-corrected chi connectivity index (χ4v) is 3.93. The molecule has 31 heavy (non-hydrogen) atoms. The maximum Gasteiger partial charge on any atom is 0.200 e. The third-order valence-corrected chi connectivity index (χ3v) is 5.64. The number of fused-ring (bicyclic) bond motifs is 2. The Hall–Kier alpha value is -3.07. The average molecular weight is 427 g/mol. The van der Waals surface area contributed by atoms with Gasteiger partial charge in [0.05, 0.1) is 18.4 Å². The van der Waals surface area contributed by atoms with E-state index in [4.69, 9.17) is 19.1 Å². The topological polar surface area (TPSA) is 121 Å². The number of benzene rings is 2. The molecule has 4 N–H and O–H groups in total.